The van der Waals surface area contributed by atoms with Crippen LogP contribution in [0, 0.1) is 12.7 Å². The first-order valence-corrected chi connectivity index (χ1v) is 12.9. The molecular formula is C31H22ClFN6. The van der Waals surface area contributed by atoms with Crippen LogP contribution in [-0.4, -0.2) is 21.5 Å². The molecule has 2 aliphatic rings. The van der Waals surface area contributed by atoms with E-state index in [2.05, 4.69) is 10.2 Å². The number of halogens is 2. The summed E-state index contributed by atoms with van der Waals surface area (Å²) in [4.78, 5) is 12.4. The van der Waals surface area contributed by atoms with Crippen LogP contribution in [0.3, 0.4) is 0 Å². The number of hydrogen-bond acceptors (Lipinski definition) is 5. The average Bonchev–Trinajstić information content (AvgIpc) is 3.30. The van der Waals surface area contributed by atoms with Crippen molar-refractivity contribution in [1.29, 1.82) is 0 Å². The Morgan fingerprint density at radius 1 is 0.821 bits per heavy atom. The number of benzene rings is 4. The lowest BCUT2D eigenvalue weighted by atomic mass is 9.93. The highest BCUT2D eigenvalue weighted by Crippen LogP contribution is 2.48. The molecule has 0 spiro atoms. The van der Waals surface area contributed by atoms with Crippen LogP contribution in [0.1, 0.15) is 22.9 Å². The van der Waals surface area contributed by atoms with Crippen molar-refractivity contribution in [2.45, 2.75) is 13.0 Å². The number of para-hydroxylation sites is 3. The Morgan fingerprint density at radius 2 is 1.54 bits per heavy atom. The van der Waals surface area contributed by atoms with Crippen molar-refractivity contribution in [2.75, 3.05) is 10.2 Å². The first-order valence-electron chi connectivity index (χ1n) is 12.6. The molecule has 6 nitrogen and oxygen atoms in total. The quantitative estimate of drug-likeness (QED) is 0.258. The summed E-state index contributed by atoms with van der Waals surface area (Å²) in [6.07, 6.45) is 0. The summed E-state index contributed by atoms with van der Waals surface area (Å²) >= 11 is 6.14. The minimum Gasteiger partial charge on any atom is -0.337 e. The van der Waals surface area contributed by atoms with E-state index in [1.54, 1.807) is 0 Å². The van der Waals surface area contributed by atoms with Gasteiger partial charge in [-0.15, -0.1) is 0 Å². The summed E-state index contributed by atoms with van der Waals surface area (Å²) in [7, 11) is 0. The van der Waals surface area contributed by atoms with Gasteiger partial charge in [0.05, 0.1) is 28.8 Å². The molecule has 2 aliphatic heterocycles. The molecule has 0 bridgehead atoms. The summed E-state index contributed by atoms with van der Waals surface area (Å²) in [6, 6.07) is 31.7. The van der Waals surface area contributed by atoms with E-state index >= 15 is 0 Å². The Kier molecular flexibility index (Phi) is 5.52. The highest BCUT2D eigenvalue weighted by Gasteiger charge is 2.41. The van der Waals surface area contributed by atoms with E-state index in [0.717, 1.165) is 39.6 Å². The van der Waals surface area contributed by atoms with Gasteiger partial charge in [-0.1, -0.05) is 54.1 Å². The molecule has 0 unspecified atom stereocenters. The van der Waals surface area contributed by atoms with Crippen molar-refractivity contribution in [1.82, 2.24) is 9.78 Å². The van der Waals surface area contributed by atoms with Crippen molar-refractivity contribution in [3.8, 4) is 5.69 Å². The number of fused-ring (bicyclic) bond motifs is 4. The maximum atomic E-state index is 14.1. The lowest BCUT2D eigenvalue weighted by Crippen LogP contribution is -2.46. The molecule has 39 heavy (non-hydrogen) atoms. The molecule has 7 rings (SSSR count). The van der Waals surface area contributed by atoms with Crippen molar-refractivity contribution in [3.63, 3.8) is 0 Å². The molecule has 8 heteroatoms. The van der Waals surface area contributed by atoms with E-state index in [4.69, 9.17) is 26.7 Å². The summed E-state index contributed by atoms with van der Waals surface area (Å²) in [5.74, 6) is 1.66. The zero-order chi connectivity index (χ0) is 26.5. The lowest BCUT2D eigenvalue weighted by molar-refractivity contribution is 0.626. The molecule has 0 fully saturated rings. The second-order valence-corrected chi connectivity index (χ2v) is 9.85. The fourth-order valence-corrected chi connectivity index (χ4v) is 5.30. The first-order chi connectivity index (χ1) is 19.1. The fraction of sp³-hybridized carbons (Fsp3) is 0.0645. The highest BCUT2D eigenvalue weighted by atomic mass is 35.5. The molecule has 0 amide bonds. The van der Waals surface area contributed by atoms with Crippen LogP contribution in [0.15, 0.2) is 113 Å². The third-order valence-corrected chi connectivity index (χ3v) is 7.18. The number of hydrogen-bond donors (Lipinski definition) is 1. The van der Waals surface area contributed by atoms with Crippen LogP contribution >= 0.6 is 11.6 Å². The van der Waals surface area contributed by atoms with E-state index in [1.165, 1.54) is 12.1 Å². The molecule has 0 saturated heterocycles. The zero-order valence-electron chi connectivity index (χ0n) is 20.9. The topological polar surface area (TPSA) is 57.8 Å². The van der Waals surface area contributed by atoms with Crippen molar-refractivity contribution in [2.24, 2.45) is 9.98 Å². The van der Waals surface area contributed by atoms with Gasteiger partial charge in [0.1, 0.15) is 5.82 Å². The van der Waals surface area contributed by atoms with Crippen LogP contribution in [0.25, 0.3) is 5.69 Å². The van der Waals surface area contributed by atoms with Gasteiger partial charge in [-0.2, -0.15) is 5.10 Å². The maximum absolute atomic E-state index is 14.1. The zero-order valence-corrected chi connectivity index (χ0v) is 21.6. The van der Waals surface area contributed by atoms with Crippen LogP contribution in [-0.2, 0) is 0 Å². The maximum Gasteiger partial charge on any atom is 0.179 e. The number of anilines is 2. The summed E-state index contributed by atoms with van der Waals surface area (Å²) in [6.45, 7) is 1.99. The monoisotopic (exact) mass is 532 g/mol. The van der Waals surface area contributed by atoms with Gasteiger partial charge in [0.2, 0.25) is 0 Å². The van der Waals surface area contributed by atoms with Crippen LogP contribution in [0.2, 0.25) is 5.02 Å². The third-order valence-electron chi connectivity index (χ3n) is 6.93. The standard InChI is InChI=1S/C31H22ClFN6/c1-19-27-28(20-11-15-22(33)16-12-20)38-26-10-6-5-9-25(26)35-29(34-23-17-13-21(32)14-18-23)31(38)36-30(27)39(37-19)24-7-3-2-4-8-24/h2-18,28H,1H3,(H,34,35)/t28-/m0/s1. The van der Waals surface area contributed by atoms with Gasteiger partial charge in [-0.3, -0.25) is 0 Å². The van der Waals surface area contributed by atoms with Gasteiger partial charge in [0.25, 0.3) is 0 Å². The Bertz CT molecular complexity index is 1760. The fourth-order valence-electron chi connectivity index (χ4n) is 5.18. The normalized spacial score (nSPS) is 15.6. The molecule has 3 heterocycles. The Labute approximate surface area is 229 Å². The highest BCUT2D eigenvalue weighted by molar-refractivity contribution is 6.51. The van der Waals surface area contributed by atoms with Gasteiger partial charge >= 0.3 is 0 Å². The van der Waals surface area contributed by atoms with Crippen molar-refractivity contribution >= 4 is 46.2 Å². The molecule has 5 aromatic rings. The largest absolute Gasteiger partial charge is 0.337 e. The molecule has 0 radical (unpaired) electrons. The smallest absolute Gasteiger partial charge is 0.179 e. The van der Waals surface area contributed by atoms with E-state index in [1.807, 2.05) is 103 Å². The summed E-state index contributed by atoms with van der Waals surface area (Å²) in [5, 5.41) is 9.03. The van der Waals surface area contributed by atoms with E-state index in [-0.39, 0.29) is 11.9 Å². The van der Waals surface area contributed by atoms with E-state index in [0.29, 0.717) is 22.5 Å². The first kappa shape index (κ1) is 23.4. The minimum atomic E-state index is -0.316. The third kappa shape index (κ3) is 3.99. The number of nitrogens with zero attached hydrogens (tertiary/aromatic N) is 5. The van der Waals surface area contributed by atoms with Crippen LogP contribution in [0.4, 0.5) is 27.3 Å². The molecule has 190 valence electrons. The van der Waals surface area contributed by atoms with Gasteiger partial charge in [-0.05, 0) is 73.2 Å². The summed E-state index contributed by atoms with van der Waals surface area (Å²) < 4.78 is 15.9. The molecule has 1 aromatic heterocycles. The van der Waals surface area contributed by atoms with Crippen molar-refractivity contribution in [3.05, 3.63) is 131 Å². The molecule has 4 aromatic carbocycles. The average molecular weight is 533 g/mol. The number of aryl methyl sites for hydroxylation is 1. The number of rotatable bonds is 3. The second-order valence-electron chi connectivity index (χ2n) is 9.41. The van der Waals surface area contributed by atoms with Crippen LogP contribution in [0.5, 0.6) is 0 Å². The molecule has 0 aliphatic carbocycles. The molecule has 1 atom stereocenters. The van der Waals surface area contributed by atoms with Crippen molar-refractivity contribution < 1.29 is 4.39 Å². The van der Waals surface area contributed by atoms with E-state index < -0.39 is 0 Å². The predicted octanol–water partition coefficient (Wildman–Crippen LogP) is 7.77. The molecule has 0 saturated carbocycles. The number of aliphatic imine (C=N–C) groups is 2. The van der Waals surface area contributed by atoms with E-state index in [9.17, 15) is 4.39 Å². The van der Waals surface area contributed by atoms with Gasteiger partial charge in [-0.25, -0.2) is 19.1 Å². The second kappa shape index (κ2) is 9.22. The van der Waals surface area contributed by atoms with Crippen LogP contribution < -0.4 is 10.2 Å². The summed E-state index contributed by atoms with van der Waals surface area (Å²) in [5.41, 5.74) is 6.16. The number of aromatic nitrogens is 2. The van der Waals surface area contributed by atoms with Gasteiger partial charge < -0.3 is 10.2 Å². The number of nitrogens with one attached hydrogen (secondary N) is 1. The van der Waals surface area contributed by atoms with Gasteiger partial charge in [0, 0.05) is 16.3 Å². The number of amidine groups is 2. The Morgan fingerprint density at radius 3 is 2.31 bits per heavy atom. The minimum absolute atomic E-state index is 0.286. The predicted molar refractivity (Wildman–Crippen MR) is 155 cm³/mol. The SMILES string of the molecule is Cc1nn(-c2ccccc2)c2c1[C@H](c1ccc(F)cc1)N1C(=N2)C(Nc2ccc(Cl)cc2)=Nc2ccccc21. The molecular weight excluding hydrogens is 511 g/mol. The Balaban J connectivity index is 1.49. The van der Waals surface area contributed by atoms with Gasteiger partial charge in [0.15, 0.2) is 17.5 Å². The lowest BCUT2D eigenvalue weighted by Gasteiger charge is -2.40. The Hall–Kier alpha value is -4.75. The molecule has 1 N–H and O–H groups in total.